The number of ether oxygens (including phenoxy) is 1. The summed E-state index contributed by atoms with van der Waals surface area (Å²) in [5.74, 6) is 0.880. The summed E-state index contributed by atoms with van der Waals surface area (Å²) in [6.45, 7) is 4.58. The molecule has 1 atom stereocenters. The van der Waals surface area contributed by atoms with Gasteiger partial charge in [0.25, 0.3) is 0 Å². The van der Waals surface area contributed by atoms with Crippen LogP contribution in [0.5, 0.6) is 5.75 Å². The van der Waals surface area contributed by atoms with Gasteiger partial charge in [0.15, 0.2) is 0 Å². The van der Waals surface area contributed by atoms with E-state index >= 15 is 0 Å². The summed E-state index contributed by atoms with van der Waals surface area (Å²) in [5.41, 5.74) is 4.95. The highest BCUT2D eigenvalue weighted by Gasteiger charge is 2.23. The van der Waals surface area contributed by atoms with E-state index in [0.29, 0.717) is 6.61 Å². The van der Waals surface area contributed by atoms with Gasteiger partial charge < -0.3 is 10.1 Å². The lowest BCUT2D eigenvalue weighted by atomic mass is 10.0. The van der Waals surface area contributed by atoms with Crippen LogP contribution in [0.25, 0.3) is 0 Å². The first kappa shape index (κ1) is 15.9. The van der Waals surface area contributed by atoms with E-state index in [1.165, 1.54) is 16.8 Å². The molecule has 2 aromatic carbocycles. The van der Waals surface area contributed by atoms with Crippen molar-refractivity contribution in [2.24, 2.45) is 0 Å². The summed E-state index contributed by atoms with van der Waals surface area (Å²) >= 11 is 0. The van der Waals surface area contributed by atoms with Crippen LogP contribution in [-0.4, -0.2) is 16.3 Å². The largest absolute Gasteiger partial charge is 0.487 e. The van der Waals surface area contributed by atoms with Gasteiger partial charge in [-0.3, -0.25) is 4.68 Å². The fourth-order valence-electron chi connectivity index (χ4n) is 3.42. The zero-order chi connectivity index (χ0) is 17.1. The number of rotatable bonds is 5. The van der Waals surface area contributed by atoms with E-state index in [9.17, 15) is 0 Å². The Morgan fingerprint density at radius 1 is 1.08 bits per heavy atom. The number of nitrogens with one attached hydrogen (secondary N) is 1. The van der Waals surface area contributed by atoms with Crippen molar-refractivity contribution in [3.8, 4) is 5.75 Å². The first-order valence-corrected chi connectivity index (χ1v) is 8.85. The molecule has 2 heterocycles. The summed E-state index contributed by atoms with van der Waals surface area (Å²) < 4.78 is 8.14. The average Bonchev–Trinajstić information content (AvgIpc) is 3.06. The summed E-state index contributed by atoms with van der Waals surface area (Å²) in [5, 5.41) is 8.40. The molecule has 0 saturated heterocycles. The third kappa shape index (κ3) is 3.30. The highest BCUT2D eigenvalue weighted by molar-refractivity contribution is 5.31. The number of hydrogen-bond acceptors (Lipinski definition) is 3. The molecule has 4 rings (SSSR count). The molecule has 0 aliphatic carbocycles. The van der Waals surface area contributed by atoms with Crippen LogP contribution in [0.4, 0.5) is 0 Å². The molecular weight excluding hydrogens is 310 g/mol. The molecule has 128 valence electrons. The van der Waals surface area contributed by atoms with E-state index in [1.807, 2.05) is 30.3 Å². The fourth-order valence-corrected chi connectivity index (χ4v) is 3.42. The van der Waals surface area contributed by atoms with E-state index < -0.39 is 0 Å². The third-order valence-corrected chi connectivity index (χ3v) is 4.81. The lowest BCUT2D eigenvalue weighted by Gasteiger charge is -2.20. The lowest BCUT2D eigenvalue weighted by molar-refractivity contribution is 0.297. The second kappa shape index (κ2) is 7.11. The molecule has 0 amide bonds. The van der Waals surface area contributed by atoms with Crippen molar-refractivity contribution in [2.45, 2.75) is 32.5 Å². The zero-order valence-corrected chi connectivity index (χ0v) is 14.5. The Morgan fingerprint density at radius 2 is 1.80 bits per heavy atom. The number of para-hydroxylation sites is 1. The van der Waals surface area contributed by atoms with Crippen LogP contribution in [0.1, 0.15) is 35.5 Å². The lowest BCUT2D eigenvalue weighted by Crippen LogP contribution is -2.26. The molecule has 1 N–H and O–H groups in total. The molecule has 0 fully saturated rings. The van der Waals surface area contributed by atoms with Crippen LogP contribution in [0.2, 0.25) is 0 Å². The Kier molecular flexibility index (Phi) is 4.53. The maximum absolute atomic E-state index is 5.95. The van der Waals surface area contributed by atoms with E-state index in [4.69, 9.17) is 9.84 Å². The number of aromatic nitrogens is 2. The normalized spacial score (nSPS) is 14.8. The van der Waals surface area contributed by atoms with Crippen molar-refractivity contribution in [1.82, 2.24) is 15.1 Å². The maximum atomic E-state index is 5.95. The monoisotopic (exact) mass is 333 g/mol. The van der Waals surface area contributed by atoms with Crippen molar-refractivity contribution in [3.63, 3.8) is 0 Å². The van der Waals surface area contributed by atoms with Crippen LogP contribution in [0, 0.1) is 0 Å². The van der Waals surface area contributed by atoms with Gasteiger partial charge in [0, 0.05) is 30.8 Å². The van der Waals surface area contributed by atoms with Crippen LogP contribution in [-0.2, 0) is 19.6 Å². The first-order chi connectivity index (χ1) is 12.3. The van der Waals surface area contributed by atoms with E-state index in [2.05, 4.69) is 47.3 Å². The van der Waals surface area contributed by atoms with Crippen molar-refractivity contribution < 1.29 is 4.74 Å². The number of benzene rings is 2. The fraction of sp³-hybridized carbons (Fsp3) is 0.286. The van der Waals surface area contributed by atoms with Crippen molar-refractivity contribution in [2.75, 3.05) is 6.54 Å². The van der Waals surface area contributed by atoms with Gasteiger partial charge in [0.1, 0.15) is 18.1 Å². The van der Waals surface area contributed by atoms with Crippen molar-refractivity contribution in [1.29, 1.82) is 0 Å². The average molecular weight is 333 g/mol. The molecule has 1 unspecified atom stereocenters. The molecule has 0 spiro atoms. The maximum Gasteiger partial charge on any atom is 0.132 e. The van der Waals surface area contributed by atoms with Gasteiger partial charge >= 0.3 is 0 Å². The molecule has 4 nitrogen and oxygen atoms in total. The Labute approximate surface area is 148 Å². The smallest absolute Gasteiger partial charge is 0.132 e. The van der Waals surface area contributed by atoms with Gasteiger partial charge in [-0.15, -0.1) is 0 Å². The Balaban J connectivity index is 1.63. The number of nitrogens with zero attached hydrogens (tertiary/aromatic N) is 2. The minimum absolute atomic E-state index is 0.221. The van der Waals surface area contributed by atoms with Crippen LogP contribution in [0.3, 0.4) is 0 Å². The molecule has 0 saturated carbocycles. The quantitative estimate of drug-likeness (QED) is 0.773. The summed E-state index contributed by atoms with van der Waals surface area (Å²) in [4.78, 5) is 0. The van der Waals surface area contributed by atoms with E-state index in [0.717, 1.165) is 31.0 Å². The van der Waals surface area contributed by atoms with Crippen LogP contribution < -0.4 is 10.1 Å². The summed E-state index contributed by atoms with van der Waals surface area (Å²) in [6.07, 6.45) is 1.00. The van der Waals surface area contributed by atoms with Crippen LogP contribution >= 0.6 is 0 Å². The van der Waals surface area contributed by atoms with Crippen molar-refractivity contribution >= 4 is 0 Å². The van der Waals surface area contributed by atoms with Gasteiger partial charge in [0.05, 0.1) is 6.04 Å². The predicted octanol–water partition coefficient (Wildman–Crippen LogP) is 3.72. The Bertz CT molecular complexity index is 827. The number of fused-ring (bicyclic) bond motifs is 1. The predicted molar refractivity (Wildman–Crippen MR) is 98.7 cm³/mol. The second-order valence-electron chi connectivity index (χ2n) is 6.43. The topological polar surface area (TPSA) is 39.1 Å². The molecule has 1 aromatic heterocycles. The molecule has 3 aromatic rings. The third-order valence-electron chi connectivity index (χ3n) is 4.81. The highest BCUT2D eigenvalue weighted by Crippen LogP contribution is 2.26. The Morgan fingerprint density at radius 3 is 2.56 bits per heavy atom. The van der Waals surface area contributed by atoms with Crippen LogP contribution in [0.15, 0.2) is 60.7 Å². The van der Waals surface area contributed by atoms with Gasteiger partial charge in [0.2, 0.25) is 0 Å². The van der Waals surface area contributed by atoms with Gasteiger partial charge in [-0.25, -0.2) is 0 Å². The first-order valence-electron chi connectivity index (χ1n) is 8.85. The minimum Gasteiger partial charge on any atom is -0.487 e. The summed E-state index contributed by atoms with van der Waals surface area (Å²) in [6, 6.07) is 20.7. The van der Waals surface area contributed by atoms with E-state index in [-0.39, 0.29) is 6.04 Å². The molecule has 0 radical (unpaired) electrons. The molecular formula is C21H23N3O. The number of hydrogen-bond donors (Lipinski definition) is 1. The SMILES string of the molecule is CC(c1ccccc1)n1nc(COc2ccccc2)c2c1CCNC2. The van der Waals surface area contributed by atoms with E-state index in [1.54, 1.807) is 0 Å². The molecule has 4 heteroatoms. The standard InChI is InChI=1S/C21H23N3O/c1-16(17-8-4-2-5-9-17)24-21-12-13-22-14-19(21)20(23-24)15-25-18-10-6-3-7-11-18/h2-11,16,22H,12-15H2,1H3. The molecule has 0 bridgehead atoms. The minimum atomic E-state index is 0.221. The van der Waals surface area contributed by atoms with Gasteiger partial charge in [-0.2, -0.15) is 5.10 Å². The van der Waals surface area contributed by atoms with Gasteiger partial charge in [-0.1, -0.05) is 48.5 Å². The zero-order valence-electron chi connectivity index (χ0n) is 14.5. The molecule has 1 aliphatic rings. The highest BCUT2D eigenvalue weighted by atomic mass is 16.5. The van der Waals surface area contributed by atoms with Crippen molar-refractivity contribution in [3.05, 3.63) is 83.2 Å². The molecule has 25 heavy (non-hydrogen) atoms. The summed E-state index contributed by atoms with van der Waals surface area (Å²) in [7, 11) is 0. The second-order valence-corrected chi connectivity index (χ2v) is 6.43. The Hall–Kier alpha value is -2.59. The molecule has 1 aliphatic heterocycles. The van der Waals surface area contributed by atoms with Gasteiger partial charge in [-0.05, 0) is 24.6 Å².